The van der Waals surface area contributed by atoms with E-state index in [4.69, 9.17) is 23.2 Å². The maximum atomic E-state index is 12.2. The third-order valence-electron chi connectivity index (χ3n) is 2.62. The highest BCUT2D eigenvalue weighted by molar-refractivity contribution is 6.35. The van der Waals surface area contributed by atoms with Crippen LogP contribution in [0.3, 0.4) is 0 Å². The number of amides is 1. The zero-order chi connectivity index (χ0) is 15.2. The standard InChI is InChI=1S/C15H13Cl2N3O/c1-2-6-18-11-5-7-19-14(9-11)15(21)20-13-8-10(16)3-4-12(13)17/h2-5,7-9H,1,6H2,(H,18,19)(H,20,21). The molecule has 0 saturated heterocycles. The summed E-state index contributed by atoms with van der Waals surface area (Å²) in [6.07, 6.45) is 3.28. The lowest BCUT2D eigenvalue weighted by Crippen LogP contribution is -2.14. The van der Waals surface area contributed by atoms with Crippen LogP contribution >= 0.6 is 23.2 Å². The van der Waals surface area contributed by atoms with Gasteiger partial charge in [0.1, 0.15) is 5.69 Å². The smallest absolute Gasteiger partial charge is 0.274 e. The Kier molecular flexibility index (Phi) is 5.20. The van der Waals surface area contributed by atoms with E-state index in [2.05, 4.69) is 22.2 Å². The molecule has 0 atom stereocenters. The van der Waals surface area contributed by atoms with Crippen molar-refractivity contribution < 1.29 is 4.79 Å². The fraction of sp³-hybridized carbons (Fsp3) is 0.0667. The summed E-state index contributed by atoms with van der Waals surface area (Å²) in [5, 5.41) is 6.67. The summed E-state index contributed by atoms with van der Waals surface area (Å²) in [5.74, 6) is -0.360. The molecular formula is C15H13Cl2N3O. The van der Waals surface area contributed by atoms with Gasteiger partial charge in [0.2, 0.25) is 0 Å². The van der Waals surface area contributed by atoms with Gasteiger partial charge in [-0.05, 0) is 30.3 Å². The molecule has 2 N–H and O–H groups in total. The van der Waals surface area contributed by atoms with Crippen LogP contribution in [0.4, 0.5) is 11.4 Å². The zero-order valence-electron chi connectivity index (χ0n) is 11.1. The summed E-state index contributed by atoms with van der Waals surface area (Å²) in [4.78, 5) is 16.2. The van der Waals surface area contributed by atoms with Crippen LogP contribution in [0.15, 0.2) is 49.2 Å². The highest BCUT2D eigenvalue weighted by atomic mass is 35.5. The molecule has 6 heteroatoms. The predicted octanol–water partition coefficient (Wildman–Crippen LogP) is 4.24. The number of carbonyl (C=O) groups excluding carboxylic acids is 1. The Morgan fingerprint density at radius 2 is 2.10 bits per heavy atom. The van der Waals surface area contributed by atoms with Crippen LogP contribution in [0.5, 0.6) is 0 Å². The van der Waals surface area contributed by atoms with Crippen molar-refractivity contribution >= 4 is 40.5 Å². The second-order valence-corrected chi connectivity index (χ2v) is 5.02. The van der Waals surface area contributed by atoms with Gasteiger partial charge in [-0.3, -0.25) is 9.78 Å². The Labute approximate surface area is 132 Å². The van der Waals surface area contributed by atoms with Crippen LogP contribution in [-0.2, 0) is 0 Å². The first-order chi connectivity index (χ1) is 10.1. The first-order valence-corrected chi connectivity index (χ1v) is 6.93. The molecule has 1 aromatic carbocycles. The third kappa shape index (κ3) is 4.21. The number of anilines is 2. The van der Waals surface area contributed by atoms with Crippen LogP contribution in [0.2, 0.25) is 10.0 Å². The molecule has 1 heterocycles. The van der Waals surface area contributed by atoms with Crippen molar-refractivity contribution in [3.8, 4) is 0 Å². The summed E-state index contributed by atoms with van der Waals surface area (Å²) in [6.45, 7) is 4.22. The van der Waals surface area contributed by atoms with Crippen LogP contribution < -0.4 is 10.6 Å². The van der Waals surface area contributed by atoms with E-state index in [1.54, 1.807) is 42.6 Å². The van der Waals surface area contributed by atoms with Gasteiger partial charge in [-0.15, -0.1) is 6.58 Å². The Morgan fingerprint density at radius 1 is 1.29 bits per heavy atom. The number of pyridine rings is 1. The normalized spacial score (nSPS) is 10.0. The molecular weight excluding hydrogens is 309 g/mol. The summed E-state index contributed by atoms with van der Waals surface area (Å²) in [7, 11) is 0. The third-order valence-corrected chi connectivity index (χ3v) is 3.18. The van der Waals surface area contributed by atoms with Gasteiger partial charge < -0.3 is 10.6 Å². The van der Waals surface area contributed by atoms with Gasteiger partial charge in [-0.2, -0.15) is 0 Å². The summed E-state index contributed by atoms with van der Waals surface area (Å²) in [6, 6.07) is 8.28. The molecule has 0 radical (unpaired) electrons. The minimum atomic E-state index is -0.360. The lowest BCUT2D eigenvalue weighted by Gasteiger charge is -2.08. The molecule has 0 bridgehead atoms. The van der Waals surface area contributed by atoms with Crippen LogP contribution in [0.25, 0.3) is 0 Å². The molecule has 0 aliphatic heterocycles. The van der Waals surface area contributed by atoms with Gasteiger partial charge in [0.05, 0.1) is 10.7 Å². The van der Waals surface area contributed by atoms with E-state index in [0.29, 0.717) is 22.3 Å². The Bertz CT molecular complexity index is 674. The molecule has 1 aromatic heterocycles. The molecule has 1 amide bonds. The van der Waals surface area contributed by atoms with Gasteiger partial charge in [-0.1, -0.05) is 29.3 Å². The Balaban J connectivity index is 2.16. The van der Waals surface area contributed by atoms with E-state index in [1.807, 2.05) is 0 Å². The van der Waals surface area contributed by atoms with E-state index in [0.717, 1.165) is 5.69 Å². The van der Waals surface area contributed by atoms with Crippen molar-refractivity contribution in [1.29, 1.82) is 0 Å². The van der Waals surface area contributed by atoms with E-state index >= 15 is 0 Å². The second kappa shape index (κ2) is 7.11. The molecule has 0 spiro atoms. The van der Waals surface area contributed by atoms with E-state index in [9.17, 15) is 4.79 Å². The molecule has 4 nitrogen and oxygen atoms in total. The first kappa shape index (κ1) is 15.4. The van der Waals surface area contributed by atoms with Crippen molar-refractivity contribution in [2.24, 2.45) is 0 Å². The average molecular weight is 322 g/mol. The fourth-order valence-electron chi connectivity index (χ4n) is 1.63. The van der Waals surface area contributed by atoms with Crippen molar-refractivity contribution in [2.45, 2.75) is 0 Å². The quantitative estimate of drug-likeness (QED) is 0.810. The van der Waals surface area contributed by atoms with Crippen molar-refractivity contribution in [1.82, 2.24) is 4.98 Å². The maximum absolute atomic E-state index is 12.2. The van der Waals surface area contributed by atoms with Crippen molar-refractivity contribution in [3.63, 3.8) is 0 Å². The number of benzene rings is 1. The number of nitrogens with one attached hydrogen (secondary N) is 2. The monoisotopic (exact) mass is 321 g/mol. The summed E-state index contributed by atoms with van der Waals surface area (Å²) >= 11 is 11.9. The summed E-state index contributed by atoms with van der Waals surface area (Å²) in [5.41, 5.74) is 1.51. The van der Waals surface area contributed by atoms with E-state index in [-0.39, 0.29) is 11.6 Å². The predicted molar refractivity (Wildman–Crippen MR) is 87.3 cm³/mol. The molecule has 2 aromatic rings. The minimum Gasteiger partial charge on any atom is -0.381 e. The number of rotatable bonds is 5. The molecule has 21 heavy (non-hydrogen) atoms. The molecule has 0 fully saturated rings. The van der Waals surface area contributed by atoms with Gasteiger partial charge >= 0.3 is 0 Å². The van der Waals surface area contributed by atoms with Crippen LogP contribution in [-0.4, -0.2) is 17.4 Å². The van der Waals surface area contributed by atoms with Crippen LogP contribution in [0, 0.1) is 0 Å². The number of hydrogen-bond donors (Lipinski definition) is 2. The van der Waals surface area contributed by atoms with Gasteiger partial charge in [0.25, 0.3) is 5.91 Å². The molecule has 108 valence electrons. The number of carbonyl (C=O) groups is 1. The topological polar surface area (TPSA) is 54.0 Å². The highest BCUT2D eigenvalue weighted by Gasteiger charge is 2.10. The maximum Gasteiger partial charge on any atom is 0.274 e. The SMILES string of the molecule is C=CCNc1ccnc(C(=O)Nc2cc(Cl)ccc2Cl)c1. The second-order valence-electron chi connectivity index (χ2n) is 4.18. The lowest BCUT2D eigenvalue weighted by molar-refractivity contribution is 0.102. The fourth-order valence-corrected chi connectivity index (χ4v) is 1.97. The largest absolute Gasteiger partial charge is 0.381 e. The molecule has 0 aliphatic rings. The zero-order valence-corrected chi connectivity index (χ0v) is 12.6. The van der Waals surface area contributed by atoms with Crippen molar-refractivity contribution in [3.05, 3.63) is 64.9 Å². The number of aromatic nitrogens is 1. The van der Waals surface area contributed by atoms with E-state index in [1.165, 1.54) is 0 Å². The van der Waals surface area contributed by atoms with Gasteiger partial charge in [0.15, 0.2) is 0 Å². The average Bonchev–Trinajstić information content (AvgIpc) is 2.49. The molecule has 0 aliphatic carbocycles. The van der Waals surface area contributed by atoms with E-state index < -0.39 is 0 Å². The molecule has 0 saturated carbocycles. The molecule has 2 rings (SSSR count). The molecule has 0 unspecified atom stereocenters. The number of hydrogen-bond acceptors (Lipinski definition) is 3. The Morgan fingerprint density at radius 3 is 2.86 bits per heavy atom. The Hall–Kier alpha value is -2.04. The minimum absolute atomic E-state index is 0.278. The van der Waals surface area contributed by atoms with Gasteiger partial charge in [0, 0.05) is 23.5 Å². The number of halogens is 2. The first-order valence-electron chi connectivity index (χ1n) is 6.17. The van der Waals surface area contributed by atoms with Crippen LogP contribution in [0.1, 0.15) is 10.5 Å². The lowest BCUT2D eigenvalue weighted by atomic mass is 10.2. The number of nitrogens with zero attached hydrogens (tertiary/aromatic N) is 1. The van der Waals surface area contributed by atoms with Crippen molar-refractivity contribution in [2.75, 3.05) is 17.2 Å². The van der Waals surface area contributed by atoms with Gasteiger partial charge in [-0.25, -0.2) is 0 Å². The summed E-state index contributed by atoms with van der Waals surface area (Å²) < 4.78 is 0. The highest BCUT2D eigenvalue weighted by Crippen LogP contribution is 2.25.